The summed E-state index contributed by atoms with van der Waals surface area (Å²) in [7, 11) is 3.84. The average Bonchev–Trinajstić information content (AvgIpc) is 3.14. The first-order valence-corrected chi connectivity index (χ1v) is 9.18. The monoisotopic (exact) mass is 342 g/mol. The molecule has 0 radical (unpaired) electrons. The van der Waals surface area contributed by atoms with Crippen molar-refractivity contribution in [1.29, 1.82) is 0 Å². The number of hydrogen-bond acceptors (Lipinski definition) is 5. The molecule has 2 rings (SSSR count). The highest BCUT2D eigenvalue weighted by atomic mass is 16.5. The molecule has 2 aliphatic heterocycles. The first-order chi connectivity index (χ1) is 11.7. The van der Waals surface area contributed by atoms with Gasteiger partial charge in [-0.25, -0.2) is 0 Å². The molecule has 7 nitrogen and oxygen atoms in total. The Balaban J connectivity index is 1.84. The quantitative estimate of drug-likeness (QED) is 0.509. The van der Waals surface area contributed by atoms with Gasteiger partial charge in [-0.15, -0.1) is 0 Å². The lowest BCUT2D eigenvalue weighted by Gasteiger charge is -2.37. The van der Waals surface area contributed by atoms with E-state index in [-0.39, 0.29) is 12.2 Å². The molecule has 2 aliphatic rings. The lowest BCUT2D eigenvalue weighted by Crippen LogP contribution is -2.53. The summed E-state index contributed by atoms with van der Waals surface area (Å²) in [5.41, 5.74) is 0. The van der Waals surface area contributed by atoms with Crippen LogP contribution >= 0.6 is 0 Å². The Kier molecular flexibility index (Phi) is 8.80. The topological polar surface area (TPSA) is 58.6 Å². The van der Waals surface area contributed by atoms with Gasteiger partial charge in [0, 0.05) is 46.4 Å². The second kappa shape index (κ2) is 10.9. The zero-order valence-electron chi connectivity index (χ0n) is 15.5. The largest absolute Gasteiger partial charge is 0.383 e. The van der Waals surface area contributed by atoms with E-state index in [2.05, 4.69) is 29.1 Å². The highest BCUT2D eigenvalue weighted by Crippen LogP contribution is 2.21. The fourth-order valence-corrected chi connectivity index (χ4v) is 3.10. The maximum atomic E-state index is 5.94. The molecule has 2 heterocycles. The number of nitrogens with zero attached hydrogens (tertiary/aromatic N) is 3. The normalized spacial score (nSPS) is 25.5. The van der Waals surface area contributed by atoms with Gasteiger partial charge in [0.15, 0.2) is 5.96 Å². The lowest BCUT2D eigenvalue weighted by molar-refractivity contribution is -0.0817. The van der Waals surface area contributed by atoms with Crippen LogP contribution in [0.25, 0.3) is 0 Å². The number of rotatable bonds is 8. The van der Waals surface area contributed by atoms with Crippen LogP contribution in [0.2, 0.25) is 0 Å². The molecule has 0 aromatic carbocycles. The molecule has 7 heteroatoms. The molecule has 2 unspecified atom stereocenters. The summed E-state index contributed by atoms with van der Waals surface area (Å²) in [6, 6.07) is 0. The van der Waals surface area contributed by atoms with Crippen LogP contribution in [0.4, 0.5) is 0 Å². The van der Waals surface area contributed by atoms with Gasteiger partial charge in [0.05, 0.1) is 25.9 Å². The van der Waals surface area contributed by atoms with Gasteiger partial charge in [-0.2, -0.15) is 0 Å². The zero-order chi connectivity index (χ0) is 17.2. The average molecular weight is 342 g/mol. The lowest BCUT2D eigenvalue weighted by atomic mass is 10.1. The number of aliphatic imine (C=N–C) groups is 1. The van der Waals surface area contributed by atoms with E-state index < -0.39 is 0 Å². The minimum Gasteiger partial charge on any atom is -0.383 e. The minimum atomic E-state index is 0.162. The van der Waals surface area contributed by atoms with Crippen molar-refractivity contribution < 1.29 is 14.2 Å². The Morgan fingerprint density at radius 1 is 1.29 bits per heavy atom. The molecular formula is C17H34N4O3. The van der Waals surface area contributed by atoms with E-state index in [1.165, 1.54) is 0 Å². The van der Waals surface area contributed by atoms with E-state index in [4.69, 9.17) is 19.2 Å². The second-order valence-corrected chi connectivity index (χ2v) is 6.44. The Hall–Kier alpha value is -0.890. The van der Waals surface area contributed by atoms with Gasteiger partial charge < -0.3 is 29.3 Å². The van der Waals surface area contributed by atoms with Crippen LogP contribution in [0.1, 0.15) is 19.8 Å². The molecule has 0 amide bonds. The summed E-state index contributed by atoms with van der Waals surface area (Å²) in [5, 5.41) is 3.42. The molecule has 0 spiro atoms. The van der Waals surface area contributed by atoms with Gasteiger partial charge in [-0.05, 0) is 26.8 Å². The molecule has 0 bridgehead atoms. The fraction of sp³-hybridized carbons (Fsp3) is 0.941. The molecule has 0 aromatic heterocycles. The zero-order valence-corrected chi connectivity index (χ0v) is 15.5. The summed E-state index contributed by atoms with van der Waals surface area (Å²) in [4.78, 5) is 9.35. The minimum absolute atomic E-state index is 0.162. The predicted octanol–water partition coefficient (Wildman–Crippen LogP) is 0.410. The summed E-state index contributed by atoms with van der Waals surface area (Å²) in [6.45, 7) is 9.73. The molecule has 1 N–H and O–H groups in total. The van der Waals surface area contributed by atoms with Crippen molar-refractivity contribution in [2.24, 2.45) is 4.99 Å². The van der Waals surface area contributed by atoms with Crippen LogP contribution in [0, 0.1) is 0 Å². The van der Waals surface area contributed by atoms with Gasteiger partial charge in [0.2, 0.25) is 0 Å². The van der Waals surface area contributed by atoms with Crippen LogP contribution in [0.5, 0.6) is 0 Å². The van der Waals surface area contributed by atoms with Crippen LogP contribution in [-0.2, 0) is 14.2 Å². The van der Waals surface area contributed by atoms with Gasteiger partial charge in [-0.3, -0.25) is 4.99 Å². The van der Waals surface area contributed by atoms with Gasteiger partial charge in [-0.1, -0.05) is 0 Å². The van der Waals surface area contributed by atoms with Crippen molar-refractivity contribution in [1.82, 2.24) is 15.1 Å². The molecule has 2 saturated heterocycles. The molecule has 0 saturated carbocycles. The van der Waals surface area contributed by atoms with Gasteiger partial charge >= 0.3 is 0 Å². The smallest absolute Gasteiger partial charge is 0.194 e. The fourth-order valence-electron chi connectivity index (χ4n) is 3.10. The molecular weight excluding hydrogens is 308 g/mol. The third-order valence-electron chi connectivity index (χ3n) is 4.53. The highest BCUT2D eigenvalue weighted by molar-refractivity contribution is 5.80. The van der Waals surface area contributed by atoms with Crippen molar-refractivity contribution in [3.8, 4) is 0 Å². The molecule has 140 valence electrons. The standard InChI is InChI=1S/C17H34N4O3/c1-4-18-17(19-7-8-20(2)9-12-22-3)21-10-13-24-16(14-21)15-6-5-11-23-15/h15-16H,4-14H2,1-3H3,(H,18,19). The van der Waals surface area contributed by atoms with Crippen LogP contribution in [0.3, 0.4) is 0 Å². The maximum Gasteiger partial charge on any atom is 0.194 e. The number of methoxy groups -OCH3 is 1. The molecule has 0 aromatic rings. The van der Waals surface area contributed by atoms with E-state index in [9.17, 15) is 0 Å². The Morgan fingerprint density at radius 2 is 2.12 bits per heavy atom. The van der Waals surface area contributed by atoms with E-state index in [0.717, 1.165) is 77.9 Å². The summed E-state index contributed by atoms with van der Waals surface area (Å²) < 4.78 is 16.8. The Bertz CT molecular complexity index is 375. The van der Waals surface area contributed by atoms with Crippen molar-refractivity contribution in [2.45, 2.75) is 32.0 Å². The van der Waals surface area contributed by atoms with Crippen LogP contribution in [-0.4, -0.2) is 101 Å². The number of hydrogen-bond donors (Lipinski definition) is 1. The molecule has 2 fully saturated rings. The van der Waals surface area contributed by atoms with Crippen molar-refractivity contribution in [3.05, 3.63) is 0 Å². The number of guanidine groups is 1. The first kappa shape index (κ1) is 19.4. The van der Waals surface area contributed by atoms with E-state index in [1.54, 1.807) is 7.11 Å². The number of likely N-dealkylation sites (N-methyl/N-ethyl adjacent to an activating group) is 1. The maximum absolute atomic E-state index is 5.94. The van der Waals surface area contributed by atoms with E-state index in [0.29, 0.717) is 0 Å². The molecule has 0 aliphatic carbocycles. The number of nitrogens with one attached hydrogen (secondary N) is 1. The number of morpholine rings is 1. The third kappa shape index (κ3) is 6.20. The summed E-state index contributed by atoms with van der Waals surface area (Å²) in [6.07, 6.45) is 2.66. The molecule has 24 heavy (non-hydrogen) atoms. The van der Waals surface area contributed by atoms with Gasteiger partial charge in [0.1, 0.15) is 6.10 Å². The SMILES string of the molecule is CCNC(=NCCN(C)CCOC)N1CCOC(C2CCCO2)C1. The Labute approximate surface area is 146 Å². The predicted molar refractivity (Wildman–Crippen MR) is 95.6 cm³/mol. The van der Waals surface area contributed by atoms with Crippen molar-refractivity contribution >= 4 is 5.96 Å². The third-order valence-corrected chi connectivity index (χ3v) is 4.53. The van der Waals surface area contributed by atoms with Crippen LogP contribution < -0.4 is 5.32 Å². The summed E-state index contributed by atoms with van der Waals surface area (Å²) in [5.74, 6) is 0.990. The highest BCUT2D eigenvalue weighted by Gasteiger charge is 2.32. The van der Waals surface area contributed by atoms with E-state index >= 15 is 0 Å². The molecule has 2 atom stereocenters. The first-order valence-electron chi connectivity index (χ1n) is 9.18. The second-order valence-electron chi connectivity index (χ2n) is 6.44. The van der Waals surface area contributed by atoms with Gasteiger partial charge in [0.25, 0.3) is 0 Å². The number of ether oxygens (including phenoxy) is 3. The summed E-state index contributed by atoms with van der Waals surface area (Å²) >= 11 is 0. The van der Waals surface area contributed by atoms with Crippen LogP contribution in [0.15, 0.2) is 4.99 Å². The van der Waals surface area contributed by atoms with Crippen molar-refractivity contribution in [3.63, 3.8) is 0 Å². The van der Waals surface area contributed by atoms with E-state index in [1.807, 2.05) is 0 Å². The van der Waals surface area contributed by atoms with Crippen molar-refractivity contribution in [2.75, 3.05) is 73.2 Å². The Morgan fingerprint density at radius 3 is 2.83 bits per heavy atom.